The van der Waals surface area contributed by atoms with Crippen molar-refractivity contribution in [2.45, 2.75) is 12.8 Å². The van der Waals surface area contributed by atoms with E-state index in [9.17, 15) is 9.59 Å². The summed E-state index contributed by atoms with van der Waals surface area (Å²) in [6.45, 7) is 1.54. The van der Waals surface area contributed by atoms with Crippen molar-refractivity contribution in [3.63, 3.8) is 0 Å². The molecule has 0 unspecified atom stereocenters. The molecule has 0 spiro atoms. The average Bonchev–Trinajstić information content (AvgIpc) is 2.81. The number of aromatic nitrogens is 2. The van der Waals surface area contributed by atoms with Gasteiger partial charge in [-0.3, -0.25) is 14.6 Å². The molecule has 1 fully saturated rings. The van der Waals surface area contributed by atoms with E-state index >= 15 is 0 Å². The molecule has 0 radical (unpaired) electrons. The van der Waals surface area contributed by atoms with Gasteiger partial charge in [0.15, 0.2) is 0 Å². The fraction of sp³-hybridized carbons (Fsp3) is 0.217. The molecule has 2 aromatic heterocycles. The Kier molecular flexibility index (Phi) is 6.87. The standard InChI is InChI=1S/C23H21Cl2N5O2/c24-16-1-3-19(23(32)29-21-4-2-17(25)14-27-21)20(13-16)28-22(31)15-7-11-30(12-8-15)18-5-9-26-10-6-18/h1-6,9-10,13-15H,7-8,11-12H2,(H,28,31)(H,27,29,32). The maximum atomic E-state index is 13.0. The number of carbonyl (C=O) groups is 2. The van der Waals surface area contributed by atoms with Crippen molar-refractivity contribution >= 4 is 52.2 Å². The molecule has 7 nitrogen and oxygen atoms in total. The molecule has 164 valence electrons. The highest BCUT2D eigenvalue weighted by molar-refractivity contribution is 6.31. The predicted octanol–water partition coefficient (Wildman–Crippen LogP) is 4.89. The number of rotatable bonds is 5. The number of carbonyl (C=O) groups excluding carboxylic acids is 2. The Morgan fingerprint density at radius 1 is 0.938 bits per heavy atom. The summed E-state index contributed by atoms with van der Waals surface area (Å²) in [5.74, 6) is -0.323. The molecule has 3 heterocycles. The Hall–Kier alpha value is -3.16. The zero-order valence-corrected chi connectivity index (χ0v) is 18.6. The molecule has 0 saturated carbocycles. The Balaban J connectivity index is 1.42. The predicted molar refractivity (Wildman–Crippen MR) is 126 cm³/mol. The largest absolute Gasteiger partial charge is 0.371 e. The average molecular weight is 470 g/mol. The molecule has 9 heteroatoms. The van der Waals surface area contributed by atoms with E-state index in [-0.39, 0.29) is 11.8 Å². The number of hydrogen-bond acceptors (Lipinski definition) is 5. The highest BCUT2D eigenvalue weighted by atomic mass is 35.5. The quantitative estimate of drug-likeness (QED) is 0.555. The van der Waals surface area contributed by atoms with Crippen LogP contribution < -0.4 is 15.5 Å². The van der Waals surface area contributed by atoms with Crippen LogP contribution in [0.3, 0.4) is 0 Å². The van der Waals surface area contributed by atoms with Gasteiger partial charge in [-0.2, -0.15) is 0 Å². The molecule has 2 amide bonds. The fourth-order valence-corrected chi connectivity index (χ4v) is 3.92. The summed E-state index contributed by atoms with van der Waals surface area (Å²) in [4.78, 5) is 36.1. The molecule has 0 atom stereocenters. The molecule has 1 aliphatic rings. The molecular weight excluding hydrogens is 449 g/mol. The van der Waals surface area contributed by atoms with Gasteiger partial charge in [0.25, 0.3) is 5.91 Å². The lowest BCUT2D eigenvalue weighted by Gasteiger charge is -2.33. The minimum absolute atomic E-state index is 0.125. The Bertz CT molecular complexity index is 1100. The summed E-state index contributed by atoms with van der Waals surface area (Å²) in [5, 5.41) is 6.50. The van der Waals surface area contributed by atoms with Crippen LogP contribution >= 0.6 is 23.2 Å². The van der Waals surface area contributed by atoms with Crippen molar-refractivity contribution in [2.24, 2.45) is 5.92 Å². The van der Waals surface area contributed by atoms with E-state index in [0.29, 0.717) is 40.0 Å². The number of nitrogens with one attached hydrogen (secondary N) is 2. The molecule has 32 heavy (non-hydrogen) atoms. The van der Waals surface area contributed by atoms with Gasteiger partial charge in [-0.1, -0.05) is 23.2 Å². The van der Waals surface area contributed by atoms with E-state index in [2.05, 4.69) is 25.5 Å². The van der Waals surface area contributed by atoms with Gasteiger partial charge in [0, 0.05) is 48.3 Å². The van der Waals surface area contributed by atoms with Gasteiger partial charge in [-0.15, -0.1) is 0 Å². The fourth-order valence-electron chi connectivity index (χ4n) is 3.64. The molecule has 0 aliphatic carbocycles. The SMILES string of the molecule is O=C(Nc1ccc(Cl)cn1)c1ccc(Cl)cc1NC(=O)C1CCN(c2ccncc2)CC1. The second kappa shape index (κ2) is 9.97. The van der Waals surface area contributed by atoms with Crippen LogP contribution in [0.25, 0.3) is 0 Å². The van der Waals surface area contributed by atoms with Gasteiger partial charge in [0.1, 0.15) is 5.82 Å². The number of benzene rings is 1. The van der Waals surface area contributed by atoms with Gasteiger partial charge < -0.3 is 15.5 Å². The summed E-state index contributed by atoms with van der Waals surface area (Å²) < 4.78 is 0. The van der Waals surface area contributed by atoms with Crippen LogP contribution in [-0.2, 0) is 4.79 Å². The van der Waals surface area contributed by atoms with Crippen molar-refractivity contribution in [1.82, 2.24) is 9.97 Å². The number of halogens is 2. The first-order chi connectivity index (χ1) is 15.5. The maximum Gasteiger partial charge on any atom is 0.258 e. The second-order valence-corrected chi connectivity index (χ2v) is 8.33. The number of hydrogen-bond donors (Lipinski definition) is 2. The monoisotopic (exact) mass is 469 g/mol. The number of nitrogens with zero attached hydrogens (tertiary/aromatic N) is 3. The highest BCUT2D eigenvalue weighted by Crippen LogP contribution is 2.27. The highest BCUT2D eigenvalue weighted by Gasteiger charge is 2.26. The second-order valence-electron chi connectivity index (χ2n) is 7.46. The lowest BCUT2D eigenvalue weighted by atomic mass is 9.95. The minimum Gasteiger partial charge on any atom is -0.371 e. The molecule has 2 N–H and O–H groups in total. The molecule has 0 bridgehead atoms. The topological polar surface area (TPSA) is 87.2 Å². The Labute approximate surface area is 195 Å². The minimum atomic E-state index is -0.403. The van der Waals surface area contributed by atoms with E-state index in [4.69, 9.17) is 23.2 Å². The lowest BCUT2D eigenvalue weighted by molar-refractivity contribution is -0.120. The molecule has 1 aliphatic heterocycles. The smallest absolute Gasteiger partial charge is 0.258 e. The summed E-state index contributed by atoms with van der Waals surface area (Å²) in [6.07, 6.45) is 6.40. The van der Waals surface area contributed by atoms with Crippen molar-refractivity contribution < 1.29 is 9.59 Å². The van der Waals surface area contributed by atoms with Crippen molar-refractivity contribution in [3.05, 3.63) is 76.7 Å². The van der Waals surface area contributed by atoms with Gasteiger partial charge in [-0.25, -0.2) is 4.98 Å². The van der Waals surface area contributed by atoms with Gasteiger partial charge in [-0.05, 0) is 55.3 Å². The number of anilines is 3. The third-order valence-corrected chi connectivity index (χ3v) is 5.81. The first-order valence-corrected chi connectivity index (χ1v) is 10.9. The summed E-state index contributed by atoms with van der Waals surface area (Å²) in [7, 11) is 0. The van der Waals surface area contributed by atoms with Crippen molar-refractivity contribution in [2.75, 3.05) is 28.6 Å². The zero-order valence-electron chi connectivity index (χ0n) is 17.1. The van der Waals surface area contributed by atoms with Crippen LogP contribution in [0.1, 0.15) is 23.2 Å². The molecule has 1 saturated heterocycles. The third kappa shape index (κ3) is 5.36. The molecule has 4 rings (SSSR count). The summed E-state index contributed by atoms with van der Waals surface area (Å²) in [5.41, 5.74) is 1.77. The summed E-state index contributed by atoms with van der Waals surface area (Å²) >= 11 is 12.0. The van der Waals surface area contributed by atoms with E-state index in [1.807, 2.05) is 12.1 Å². The number of pyridine rings is 2. The van der Waals surface area contributed by atoms with E-state index in [0.717, 1.165) is 18.8 Å². The van der Waals surface area contributed by atoms with Gasteiger partial charge in [0.2, 0.25) is 5.91 Å². The van der Waals surface area contributed by atoms with E-state index in [1.54, 1.807) is 42.7 Å². The molecular formula is C23H21Cl2N5O2. The lowest BCUT2D eigenvalue weighted by Crippen LogP contribution is -2.38. The van der Waals surface area contributed by atoms with Crippen molar-refractivity contribution in [1.29, 1.82) is 0 Å². The van der Waals surface area contributed by atoms with Crippen LogP contribution in [0.15, 0.2) is 61.1 Å². The van der Waals surface area contributed by atoms with E-state index < -0.39 is 5.91 Å². The third-order valence-electron chi connectivity index (χ3n) is 5.35. The summed E-state index contributed by atoms with van der Waals surface area (Å²) in [6, 6.07) is 11.9. The molecule has 1 aromatic carbocycles. The van der Waals surface area contributed by atoms with Crippen LogP contribution in [0, 0.1) is 5.92 Å². The van der Waals surface area contributed by atoms with Crippen LogP contribution in [-0.4, -0.2) is 34.9 Å². The zero-order chi connectivity index (χ0) is 22.5. The Morgan fingerprint density at radius 3 is 2.34 bits per heavy atom. The number of amides is 2. The maximum absolute atomic E-state index is 13.0. The normalized spacial score (nSPS) is 14.1. The van der Waals surface area contributed by atoms with E-state index in [1.165, 1.54) is 6.20 Å². The van der Waals surface area contributed by atoms with Crippen molar-refractivity contribution in [3.8, 4) is 0 Å². The molecule has 3 aromatic rings. The van der Waals surface area contributed by atoms with Crippen LogP contribution in [0.2, 0.25) is 10.0 Å². The van der Waals surface area contributed by atoms with Gasteiger partial charge in [0.05, 0.1) is 16.3 Å². The van der Waals surface area contributed by atoms with Crippen LogP contribution in [0.4, 0.5) is 17.2 Å². The van der Waals surface area contributed by atoms with Crippen LogP contribution in [0.5, 0.6) is 0 Å². The number of piperidine rings is 1. The first kappa shape index (κ1) is 22.0. The first-order valence-electron chi connectivity index (χ1n) is 10.2. The van der Waals surface area contributed by atoms with Gasteiger partial charge >= 0.3 is 0 Å². The Morgan fingerprint density at radius 2 is 1.66 bits per heavy atom.